The van der Waals surface area contributed by atoms with Gasteiger partial charge in [0.2, 0.25) is 12.0 Å². The van der Waals surface area contributed by atoms with E-state index in [-0.39, 0.29) is 37.5 Å². The molecule has 2 aliphatic heterocycles. The van der Waals surface area contributed by atoms with E-state index in [9.17, 15) is 14.0 Å². The van der Waals surface area contributed by atoms with Gasteiger partial charge in [-0.15, -0.1) is 0 Å². The summed E-state index contributed by atoms with van der Waals surface area (Å²) in [6, 6.07) is 9.49. The summed E-state index contributed by atoms with van der Waals surface area (Å²) in [5, 5.41) is 21.6. The second kappa shape index (κ2) is 8.29. The molecule has 0 spiro atoms. The molecule has 10 heteroatoms. The number of nitrogens with one attached hydrogen (secondary N) is 1. The summed E-state index contributed by atoms with van der Waals surface area (Å²) in [6.07, 6.45) is -2.91. The number of benzene rings is 1. The molecular weight excluding hydrogens is 394 g/mol. The largest absolute Gasteiger partial charge is 0.372 e. The summed E-state index contributed by atoms with van der Waals surface area (Å²) in [6.45, 7) is 5.18. The molecule has 3 heterocycles. The van der Waals surface area contributed by atoms with Crippen LogP contribution in [0.2, 0.25) is 0 Å². The number of morpholine rings is 1. The van der Waals surface area contributed by atoms with Gasteiger partial charge >= 0.3 is 0 Å². The number of rotatable bonds is 5. The fourth-order valence-electron chi connectivity index (χ4n) is 4.11. The average molecular weight is 420 g/mol. The van der Waals surface area contributed by atoms with Crippen LogP contribution in [0, 0.1) is 5.41 Å². The molecule has 2 atom stereocenters. The molecule has 0 aliphatic carbocycles. The quantitative estimate of drug-likeness (QED) is 0.774. The van der Waals surface area contributed by atoms with E-state index < -0.39 is 6.43 Å². The summed E-state index contributed by atoms with van der Waals surface area (Å²) >= 11 is 0. The zero-order chi connectivity index (χ0) is 21.4. The minimum Gasteiger partial charge on any atom is -0.372 e. The molecule has 2 aliphatic rings. The third kappa shape index (κ3) is 3.90. The van der Waals surface area contributed by atoms with Crippen molar-refractivity contribution >= 4 is 11.5 Å². The van der Waals surface area contributed by atoms with Gasteiger partial charge in [0, 0.05) is 31.6 Å². The number of anilines is 2. The number of fused-ring (bicyclic) bond motifs is 1. The maximum absolute atomic E-state index is 12.8. The summed E-state index contributed by atoms with van der Waals surface area (Å²) in [4.78, 5) is 6.64. The Bertz CT molecular complexity index is 944. The van der Waals surface area contributed by atoms with Crippen molar-refractivity contribution in [2.75, 3.05) is 29.7 Å². The van der Waals surface area contributed by atoms with Gasteiger partial charge in [-0.25, -0.2) is 13.8 Å². The molecule has 1 aromatic heterocycles. The van der Waals surface area contributed by atoms with Crippen LogP contribution in [0.1, 0.15) is 20.3 Å². The van der Waals surface area contributed by atoms with Gasteiger partial charge in [-0.1, -0.05) is 30.3 Å². The lowest BCUT2D eigenvalue weighted by Crippen LogP contribution is -2.47. The fourth-order valence-corrected chi connectivity index (χ4v) is 4.11. The van der Waals surface area contributed by atoms with Gasteiger partial charge in [-0.2, -0.15) is 10.2 Å². The highest BCUT2D eigenvalue weighted by Crippen LogP contribution is 2.40. The molecule has 0 amide bonds. The monoisotopic (exact) mass is 420 g/mol. The second-order valence-electron chi connectivity index (χ2n) is 7.75. The van der Waals surface area contributed by atoms with Crippen LogP contribution in [0.15, 0.2) is 30.3 Å². The lowest BCUT2D eigenvalue weighted by Gasteiger charge is -2.38. The first-order chi connectivity index (χ1) is 14.3. The van der Waals surface area contributed by atoms with Crippen molar-refractivity contribution in [3.05, 3.63) is 36.0 Å². The van der Waals surface area contributed by atoms with Crippen molar-refractivity contribution in [2.45, 2.75) is 45.6 Å². The Hall–Kier alpha value is -2.56. The molecule has 30 heavy (non-hydrogen) atoms. The molecule has 8 nitrogen and oxygen atoms in total. The van der Waals surface area contributed by atoms with Crippen LogP contribution in [0.5, 0.6) is 0 Å². The standard InChI is InChI=1S/C20H26F2N6O2/c1-13-10-25(11-14(2)30-13)18-17(15-6-4-3-5-7-15)24-20(23)27-12-26(9-8-16(21)22)28(29)19(18)27/h3-7,13-14,16,23,29H,8-12H2,1-2H3. The Balaban J connectivity index is 1.84. The summed E-state index contributed by atoms with van der Waals surface area (Å²) in [5.74, 6) is 0.365. The van der Waals surface area contributed by atoms with Gasteiger partial charge in [-0.05, 0) is 13.8 Å². The van der Waals surface area contributed by atoms with Gasteiger partial charge in [0.15, 0.2) is 5.82 Å². The van der Waals surface area contributed by atoms with E-state index in [1.54, 1.807) is 0 Å². The number of nitrogens with zero attached hydrogens (tertiary/aromatic N) is 5. The minimum absolute atomic E-state index is 0.0304. The molecule has 1 saturated heterocycles. The Morgan fingerprint density at radius 1 is 1.20 bits per heavy atom. The highest BCUT2D eigenvalue weighted by atomic mass is 19.3. The van der Waals surface area contributed by atoms with E-state index in [1.807, 2.05) is 44.2 Å². The number of halogens is 2. The van der Waals surface area contributed by atoms with Gasteiger partial charge in [0.25, 0.3) is 0 Å². The number of ether oxygens (including phenoxy) is 1. The maximum atomic E-state index is 12.8. The van der Waals surface area contributed by atoms with Crippen LogP contribution < -0.4 is 15.7 Å². The van der Waals surface area contributed by atoms with Crippen LogP contribution in [0.3, 0.4) is 0 Å². The van der Waals surface area contributed by atoms with Crippen molar-refractivity contribution in [2.24, 2.45) is 0 Å². The van der Waals surface area contributed by atoms with Crippen LogP contribution in [0.25, 0.3) is 11.3 Å². The minimum atomic E-state index is -2.47. The molecule has 0 radical (unpaired) electrons. The van der Waals surface area contributed by atoms with Crippen LogP contribution in [-0.4, -0.2) is 58.0 Å². The smallest absolute Gasteiger partial charge is 0.239 e. The predicted octanol–water partition coefficient (Wildman–Crippen LogP) is 2.68. The molecule has 2 unspecified atom stereocenters. The second-order valence-corrected chi connectivity index (χ2v) is 7.75. The highest BCUT2D eigenvalue weighted by molar-refractivity contribution is 5.84. The number of alkyl halides is 2. The molecule has 0 saturated carbocycles. The van der Waals surface area contributed by atoms with Gasteiger partial charge < -0.3 is 9.64 Å². The van der Waals surface area contributed by atoms with E-state index in [0.717, 1.165) is 10.7 Å². The number of hydrazine groups is 1. The molecule has 1 fully saturated rings. The Morgan fingerprint density at radius 3 is 2.50 bits per heavy atom. The van der Waals surface area contributed by atoms with E-state index in [2.05, 4.69) is 9.88 Å². The van der Waals surface area contributed by atoms with Crippen LogP contribution in [0.4, 0.5) is 20.3 Å². The van der Waals surface area contributed by atoms with Gasteiger partial charge in [0.1, 0.15) is 18.1 Å². The van der Waals surface area contributed by atoms with E-state index in [4.69, 9.17) is 10.1 Å². The van der Waals surface area contributed by atoms with Crippen molar-refractivity contribution in [1.29, 1.82) is 5.41 Å². The van der Waals surface area contributed by atoms with Crippen LogP contribution >= 0.6 is 0 Å². The fraction of sp³-hybridized carbons (Fsp3) is 0.500. The molecule has 0 bridgehead atoms. The van der Waals surface area contributed by atoms with Crippen molar-refractivity contribution in [3.8, 4) is 11.3 Å². The highest BCUT2D eigenvalue weighted by Gasteiger charge is 2.36. The van der Waals surface area contributed by atoms with Crippen LogP contribution in [-0.2, 0) is 11.4 Å². The first kappa shape index (κ1) is 20.7. The van der Waals surface area contributed by atoms with Gasteiger partial charge in [-0.3, -0.25) is 15.2 Å². The normalized spacial score (nSPS) is 22.1. The Morgan fingerprint density at radius 2 is 1.87 bits per heavy atom. The third-order valence-corrected chi connectivity index (χ3v) is 5.32. The molecule has 4 rings (SSSR count). The summed E-state index contributed by atoms with van der Waals surface area (Å²) < 4.78 is 32.9. The summed E-state index contributed by atoms with van der Waals surface area (Å²) in [5.41, 5.74) is 2.01. The summed E-state index contributed by atoms with van der Waals surface area (Å²) in [7, 11) is 0. The van der Waals surface area contributed by atoms with Gasteiger partial charge in [0.05, 0.1) is 12.2 Å². The SMILES string of the molecule is CC1CN(c2c(-c3ccccc3)nc(=N)n3c2N(O)N(CCC(F)F)C3)CC(C)O1. The molecule has 2 aromatic rings. The zero-order valence-electron chi connectivity index (χ0n) is 17.0. The molecular formula is C20H26F2N6O2. The van der Waals surface area contributed by atoms with Crippen molar-refractivity contribution < 1.29 is 18.7 Å². The number of hydrogen-bond donors (Lipinski definition) is 2. The first-order valence-corrected chi connectivity index (χ1v) is 10.0. The number of aromatic nitrogens is 2. The first-order valence-electron chi connectivity index (χ1n) is 10.0. The molecule has 162 valence electrons. The number of hydrogen-bond acceptors (Lipinski definition) is 7. The molecule has 1 aromatic carbocycles. The molecule has 2 N–H and O–H groups in total. The Kier molecular flexibility index (Phi) is 5.72. The Labute approximate surface area is 173 Å². The topological polar surface area (TPSA) is 80.9 Å². The van der Waals surface area contributed by atoms with E-state index in [1.165, 1.54) is 9.58 Å². The lowest BCUT2D eigenvalue weighted by molar-refractivity contribution is -0.00536. The average Bonchev–Trinajstić information content (AvgIpc) is 3.03. The van der Waals surface area contributed by atoms with E-state index >= 15 is 0 Å². The van der Waals surface area contributed by atoms with E-state index in [0.29, 0.717) is 30.3 Å². The van der Waals surface area contributed by atoms with Crippen molar-refractivity contribution in [1.82, 2.24) is 14.6 Å². The zero-order valence-corrected chi connectivity index (χ0v) is 17.0. The lowest BCUT2D eigenvalue weighted by atomic mass is 10.1. The third-order valence-electron chi connectivity index (χ3n) is 5.32. The predicted molar refractivity (Wildman–Crippen MR) is 107 cm³/mol. The maximum Gasteiger partial charge on any atom is 0.239 e. The van der Waals surface area contributed by atoms with Crippen molar-refractivity contribution in [3.63, 3.8) is 0 Å².